The first-order valence-corrected chi connectivity index (χ1v) is 9.14. The van der Waals surface area contributed by atoms with Gasteiger partial charge in [0, 0.05) is 17.8 Å². The SMILES string of the molecule is O=C(COC(=O)/C=C/c1cn(Cc2ccccc2)nn1)Nc1ccc2c(c1)OCO2. The quantitative estimate of drug-likeness (QED) is 0.474. The Bertz CT molecular complexity index is 1080. The molecule has 1 aromatic heterocycles. The molecule has 0 saturated carbocycles. The molecule has 0 radical (unpaired) electrons. The number of esters is 1. The number of amides is 1. The molecule has 3 aromatic rings. The molecule has 0 bridgehead atoms. The maximum atomic E-state index is 12.0. The van der Waals surface area contributed by atoms with Crippen molar-refractivity contribution < 1.29 is 23.8 Å². The molecule has 0 atom stereocenters. The number of benzene rings is 2. The van der Waals surface area contributed by atoms with Crippen molar-refractivity contribution in [3.63, 3.8) is 0 Å². The summed E-state index contributed by atoms with van der Waals surface area (Å²) in [6, 6.07) is 14.8. The standard InChI is InChI=1S/C21H18N4O5/c26-20(22-16-6-8-18-19(10-16)30-14-29-18)13-28-21(27)9-7-17-12-25(24-23-17)11-15-4-2-1-3-5-15/h1-10,12H,11,13-14H2,(H,22,26)/b9-7+. The van der Waals surface area contributed by atoms with Gasteiger partial charge in [-0.15, -0.1) is 5.10 Å². The highest BCUT2D eigenvalue weighted by Gasteiger charge is 2.14. The molecular formula is C21H18N4O5. The van der Waals surface area contributed by atoms with Crippen LogP contribution in [0.25, 0.3) is 6.08 Å². The number of hydrogen-bond acceptors (Lipinski definition) is 7. The average molecular weight is 406 g/mol. The molecule has 0 saturated heterocycles. The first kappa shape index (κ1) is 19.2. The highest BCUT2D eigenvalue weighted by Crippen LogP contribution is 2.34. The van der Waals surface area contributed by atoms with Crippen molar-refractivity contribution in [2.24, 2.45) is 0 Å². The predicted octanol–water partition coefficient (Wildman–Crippen LogP) is 2.25. The van der Waals surface area contributed by atoms with Crippen LogP contribution >= 0.6 is 0 Å². The van der Waals surface area contributed by atoms with Gasteiger partial charge in [-0.05, 0) is 23.8 Å². The summed E-state index contributed by atoms with van der Waals surface area (Å²) < 4.78 is 17.1. The number of rotatable bonds is 7. The van der Waals surface area contributed by atoms with Crippen LogP contribution in [-0.2, 0) is 20.9 Å². The molecular weight excluding hydrogens is 388 g/mol. The summed E-state index contributed by atoms with van der Waals surface area (Å²) in [5.74, 6) is 0.0381. The highest BCUT2D eigenvalue weighted by atomic mass is 16.7. The molecule has 4 rings (SSSR count). The minimum atomic E-state index is -0.659. The van der Waals surface area contributed by atoms with Gasteiger partial charge in [0.2, 0.25) is 6.79 Å². The zero-order valence-electron chi connectivity index (χ0n) is 15.9. The third-order valence-corrected chi connectivity index (χ3v) is 4.14. The Morgan fingerprint density at radius 3 is 2.83 bits per heavy atom. The Kier molecular flexibility index (Phi) is 5.70. The fourth-order valence-electron chi connectivity index (χ4n) is 2.75. The lowest BCUT2D eigenvalue weighted by atomic mass is 10.2. The monoisotopic (exact) mass is 406 g/mol. The van der Waals surface area contributed by atoms with Crippen LogP contribution in [0.3, 0.4) is 0 Å². The minimum absolute atomic E-state index is 0.150. The number of aromatic nitrogens is 3. The van der Waals surface area contributed by atoms with Crippen LogP contribution in [0, 0.1) is 0 Å². The molecule has 0 unspecified atom stereocenters. The van der Waals surface area contributed by atoms with E-state index in [1.165, 1.54) is 12.2 Å². The molecule has 1 aliphatic heterocycles. The Labute approximate surface area is 171 Å². The maximum absolute atomic E-state index is 12.0. The number of ether oxygens (including phenoxy) is 3. The number of carbonyl (C=O) groups is 2. The van der Waals surface area contributed by atoms with Gasteiger partial charge in [-0.1, -0.05) is 35.5 Å². The lowest BCUT2D eigenvalue weighted by Crippen LogP contribution is -2.20. The molecule has 30 heavy (non-hydrogen) atoms. The molecule has 152 valence electrons. The van der Waals surface area contributed by atoms with Crippen molar-refractivity contribution in [1.82, 2.24) is 15.0 Å². The van der Waals surface area contributed by atoms with Crippen LogP contribution < -0.4 is 14.8 Å². The molecule has 0 fully saturated rings. The molecule has 2 aromatic carbocycles. The lowest BCUT2D eigenvalue weighted by Gasteiger charge is -2.06. The summed E-state index contributed by atoms with van der Waals surface area (Å²) >= 11 is 0. The van der Waals surface area contributed by atoms with Gasteiger partial charge in [0.25, 0.3) is 5.91 Å². The number of anilines is 1. The van der Waals surface area contributed by atoms with Gasteiger partial charge >= 0.3 is 5.97 Å². The molecule has 1 aliphatic rings. The summed E-state index contributed by atoms with van der Waals surface area (Å²) in [7, 11) is 0. The second-order valence-electron chi connectivity index (χ2n) is 6.38. The van der Waals surface area contributed by atoms with E-state index in [0.29, 0.717) is 29.4 Å². The van der Waals surface area contributed by atoms with Gasteiger partial charge in [0.1, 0.15) is 5.69 Å². The van der Waals surface area contributed by atoms with E-state index in [1.54, 1.807) is 29.1 Å². The van der Waals surface area contributed by atoms with E-state index in [9.17, 15) is 9.59 Å². The lowest BCUT2D eigenvalue weighted by molar-refractivity contribution is -0.142. The molecule has 9 nitrogen and oxygen atoms in total. The first-order valence-electron chi connectivity index (χ1n) is 9.14. The van der Waals surface area contributed by atoms with Crippen molar-refractivity contribution in [2.75, 3.05) is 18.7 Å². The van der Waals surface area contributed by atoms with Crippen molar-refractivity contribution >= 4 is 23.6 Å². The van der Waals surface area contributed by atoms with Crippen LogP contribution in [0.1, 0.15) is 11.3 Å². The Morgan fingerprint density at radius 2 is 1.97 bits per heavy atom. The second-order valence-corrected chi connectivity index (χ2v) is 6.38. The van der Waals surface area contributed by atoms with Gasteiger partial charge in [-0.3, -0.25) is 4.79 Å². The van der Waals surface area contributed by atoms with Crippen molar-refractivity contribution in [1.29, 1.82) is 0 Å². The van der Waals surface area contributed by atoms with E-state index in [-0.39, 0.29) is 6.79 Å². The van der Waals surface area contributed by atoms with E-state index in [4.69, 9.17) is 14.2 Å². The first-order chi connectivity index (χ1) is 14.7. The van der Waals surface area contributed by atoms with E-state index in [1.807, 2.05) is 30.3 Å². The smallest absolute Gasteiger partial charge is 0.331 e. The van der Waals surface area contributed by atoms with Crippen LogP contribution in [0.2, 0.25) is 0 Å². The van der Waals surface area contributed by atoms with E-state index in [2.05, 4.69) is 15.6 Å². The molecule has 1 N–H and O–H groups in total. The Balaban J connectivity index is 1.23. The summed E-state index contributed by atoms with van der Waals surface area (Å²) in [6.07, 6.45) is 4.39. The largest absolute Gasteiger partial charge is 0.454 e. The van der Waals surface area contributed by atoms with Crippen LogP contribution in [0.4, 0.5) is 5.69 Å². The van der Waals surface area contributed by atoms with Gasteiger partial charge in [-0.2, -0.15) is 0 Å². The second kappa shape index (κ2) is 8.91. The Hall–Kier alpha value is -4.14. The summed E-state index contributed by atoms with van der Waals surface area (Å²) in [6.45, 7) is 0.307. The van der Waals surface area contributed by atoms with Gasteiger partial charge < -0.3 is 19.5 Å². The summed E-state index contributed by atoms with van der Waals surface area (Å²) in [5, 5.41) is 10.6. The normalized spacial score (nSPS) is 12.1. The maximum Gasteiger partial charge on any atom is 0.331 e. The van der Waals surface area contributed by atoms with Crippen molar-refractivity contribution in [3.05, 3.63) is 72.1 Å². The number of carbonyl (C=O) groups excluding carboxylic acids is 2. The predicted molar refractivity (Wildman–Crippen MR) is 107 cm³/mol. The van der Waals surface area contributed by atoms with Crippen molar-refractivity contribution in [3.8, 4) is 11.5 Å². The molecule has 0 spiro atoms. The zero-order valence-corrected chi connectivity index (χ0v) is 15.9. The fraction of sp³-hybridized carbons (Fsp3) is 0.143. The zero-order chi connectivity index (χ0) is 20.8. The molecule has 2 heterocycles. The average Bonchev–Trinajstić information content (AvgIpc) is 3.40. The number of nitrogens with zero attached hydrogens (tertiary/aromatic N) is 3. The number of hydrogen-bond donors (Lipinski definition) is 1. The molecule has 9 heteroatoms. The summed E-state index contributed by atoms with van der Waals surface area (Å²) in [5.41, 5.74) is 2.12. The van der Waals surface area contributed by atoms with E-state index in [0.717, 1.165) is 5.56 Å². The van der Waals surface area contributed by atoms with Gasteiger partial charge in [0.05, 0.1) is 12.7 Å². The number of nitrogens with one attached hydrogen (secondary N) is 1. The van der Waals surface area contributed by atoms with Crippen LogP contribution in [-0.4, -0.2) is 40.3 Å². The van der Waals surface area contributed by atoms with E-state index >= 15 is 0 Å². The fourth-order valence-corrected chi connectivity index (χ4v) is 2.75. The topological polar surface area (TPSA) is 105 Å². The Morgan fingerprint density at radius 1 is 1.13 bits per heavy atom. The third kappa shape index (κ3) is 5.02. The molecule has 0 aliphatic carbocycles. The third-order valence-electron chi connectivity index (χ3n) is 4.14. The molecule has 1 amide bonds. The van der Waals surface area contributed by atoms with Gasteiger partial charge in [-0.25, -0.2) is 9.48 Å². The van der Waals surface area contributed by atoms with Crippen molar-refractivity contribution in [2.45, 2.75) is 6.54 Å². The van der Waals surface area contributed by atoms with Crippen LogP contribution in [0.5, 0.6) is 11.5 Å². The summed E-state index contributed by atoms with van der Waals surface area (Å²) in [4.78, 5) is 23.8. The van der Waals surface area contributed by atoms with Crippen LogP contribution in [0.15, 0.2) is 60.8 Å². The highest BCUT2D eigenvalue weighted by molar-refractivity contribution is 5.94. The van der Waals surface area contributed by atoms with E-state index < -0.39 is 18.5 Å². The van der Waals surface area contributed by atoms with Gasteiger partial charge in [0.15, 0.2) is 18.1 Å². The number of fused-ring (bicyclic) bond motifs is 1. The minimum Gasteiger partial charge on any atom is -0.454 e.